The maximum atomic E-state index is 13.1. The number of aliphatic hydroxyl groups is 1. The number of nitrogens with zero attached hydrogens (tertiary/aromatic N) is 2. The van der Waals surface area contributed by atoms with Gasteiger partial charge < -0.3 is 19.5 Å². The van der Waals surface area contributed by atoms with E-state index in [9.17, 15) is 9.90 Å². The van der Waals surface area contributed by atoms with Crippen LogP contribution >= 0.6 is 11.3 Å². The molecule has 1 aliphatic rings. The summed E-state index contributed by atoms with van der Waals surface area (Å²) in [6.07, 6.45) is 5.24. The Balaban J connectivity index is 1.74. The van der Waals surface area contributed by atoms with Crippen molar-refractivity contribution < 1.29 is 19.4 Å². The largest absolute Gasteiger partial charge is 0.493 e. The first-order chi connectivity index (χ1) is 14.5. The van der Waals surface area contributed by atoms with Gasteiger partial charge in [-0.2, -0.15) is 0 Å². The van der Waals surface area contributed by atoms with Crippen LogP contribution in [0, 0.1) is 5.92 Å². The second kappa shape index (κ2) is 10.8. The molecule has 0 saturated heterocycles. The Bertz CT molecular complexity index is 832. The minimum atomic E-state index is -0.0736. The fraction of sp³-hybridized carbons (Fsp3) is 0.565. The van der Waals surface area contributed by atoms with E-state index in [0.29, 0.717) is 30.3 Å². The Morgan fingerprint density at radius 1 is 1.33 bits per heavy atom. The molecule has 1 heterocycles. The van der Waals surface area contributed by atoms with Crippen molar-refractivity contribution in [2.24, 2.45) is 5.92 Å². The van der Waals surface area contributed by atoms with Crippen molar-refractivity contribution in [1.29, 1.82) is 0 Å². The van der Waals surface area contributed by atoms with Gasteiger partial charge in [-0.05, 0) is 43.9 Å². The highest BCUT2D eigenvalue weighted by Gasteiger charge is 2.29. The van der Waals surface area contributed by atoms with Crippen molar-refractivity contribution in [2.45, 2.75) is 71.8 Å². The molecule has 1 aliphatic carbocycles. The Hall–Kier alpha value is -2.12. The van der Waals surface area contributed by atoms with Gasteiger partial charge >= 0.3 is 0 Å². The number of amides is 1. The number of methoxy groups -OCH3 is 1. The van der Waals surface area contributed by atoms with Gasteiger partial charge in [0, 0.05) is 23.9 Å². The molecule has 3 rings (SSSR count). The molecule has 0 unspecified atom stereocenters. The molecule has 1 aromatic carbocycles. The fourth-order valence-electron chi connectivity index (χ4n) is 3.83. The third-order valence-corrected chi connectivity index (χ3v) is 6.67. The normalized spacial score (nSPS) is 15.2. The van der Waals surface area contributed by atoms with Gasteiger partial charge in [0.2, 0.25) is 5.91 Å². The molecule has 0 spiro atoms. The number of aliphatic hydroxyl groups excluding tert-OH is 1. The summed E-state index contributed by atoms with van der Waals surface area (Å²) < 4.78 is 11.4. The Morgan fingerprint density at radius 2 is 2.10 bits per heavy atom. The van der Waals surface area contributed by atoms with Gasteiger partial charge in [-0.25, -0.2) is 4.98 Å². The number of rotatable bonds is 10. The summed E-state index contributed by atoms with van der Waals surface area (Å²) >= 11 is 1.46. The fourth-order valence-corrected chi connectivity index (χ4v) is 4.53. The molecular weight excluding hydrogens is 400 g/mol. The molecule has 1 aromatic heterocycles. The smallest absolute Gasteiger partial charge is 0.226 e. The van der Waals surface area contributed by atoms with Gasteiger partial charge in [-0.1, -0.05) is 25.8 Å². The lowest BCUT2D eigenvalue weighted by atomic mass is 10.0. The van der Waals surface area contributed by atoms with Gasteiger partial charge in [0.1, 0.15) is 11.6 Å². The van der Waals surface area contributed by atoms with Crippen LogP contribution < -0.4 is 9.47 Å². The van der Waals surface area contributed by atoms with Crippen LogP contribution in [0.15, 0.2) is 23.6 Å². The minimum Gasteiger partial charge on any atom is -0.493 e. The summed E-state index contributed by atoms with van der Waals surface area (Å²) in [7, 11) is 1.62. The summed E-state index contributed by atoms with van der Waals surface area (Å²) in [4.78, 5) is 19.5. The number of carbonyl (C=O) groups is 1. The third kappa shape index (κ3) is 5.52. The molecule has 2 aromatic rings. The van der Waals surface area contributed by atoms with Crippen molar-refractivity contribution in [2.75, 3.05) is 7.11 Å². The summed E-state index contributed by atoms with van der Waals surface area (Å²) in [5.41, 5.74) is 1.67. The number of carbonyl (C=O) groups excluding carboxylic acids is 1. The van der Waals surface area contributed by atoms with Crippen molar-refractivity contribution in [3.05, 3.63) is 39.8 Å². The van der Waals surface area contributed by atoms with E-state index in [4.69, 9.17) is 9.47 Å². The predicted octanol–water partition coefficient (Wildman–Crippen LogP) is 4.54. The first-order valence-electron chi connectivity index (χ1n) is 10.7. The molecule has 6 nitrogen and oxygen atoms in total. The standard InChI is InChI=1S/C23H32N2O4S/c1-4-16(2)25(23(27)18-7-5-6-8-18)12-17-9-10-20(28-3)21(11-17)29-14-22-24-19(13-26)15-30-22/h9-11,15-16,18,26H,4-8,12-14H2,1-3H3/t16-/m1/s1. The Morgan fingerprint density at radius 3 is 2.73 bits per heavy atom. The molecule has 0 bridgehead atoms. The van der Waals surface area contributed by atoms with E-state index in [1.165, 1.54) is 11.3 Å². The molecule has 1 fully saturated rings. The second-order valence-electron chi connectivity index (χ2n) is 7.87. The quantitative estimate of drug-likeness (QED) is 0.597. The molecule has 0 aliphatic heterocycles. The summed E-state index contributed by atoms with van der Waals surface area (Å²) in [5.74, 6) is 1.72. The molecule has 1 atom stereocenters. The van der Waals surface area contributed by atoms with E-state index >= 15 is 0 Å². The molecular formula is C23H32N2O4S. The lowest BCUT2D eigenvalue weighted by Crippen LogP contribution is -2.40. The topological polar surface area (TPSA) is 71.9 Å². The lowest BCUT2D eigenvalue weighted by molar-refractivity contribution is -0.138. The van der Waals surface area contributed by atoms with Gasteiger partial charge in [-0.15, -0.1) is 11.3 Å². The molecule has 1 amide bonds. The number of hydrogen-bond donors (Lipinski definition) is 1. The summed E-state index contributed by atoms with van der Waals surface area (Å²) in [6.45, 7) is 5.04. The van der Waals surface area contributed by atoms with Crippen molar-refractivity contribution in [3.63, 3.8) is 0 Å². The third-order valence-electron chi connectivity index (χ3n) is 5.80. The van der Waals surface area contributed by atoms with E-state index in [-0.39, 0.29) is 24.5 Å². The number of aromatic nitrogens is 1. The zero-order chi connectivity index (χ0) is 21.5. The molecule has 1 N–H and O–H groups in total. The molecule has 0 radical (unpaired) electrons. The van der Waals surface area contributed by atoms with E-state index in [1.807, 2.05) is 28.5 Å². The first-order valence-corrected chi connectivity index (χ1v) is 11.6. The Kier molecular flexibility index (Phi) is 8.10. The van der Waals surface area contributed by atoms with E-state index in [1.54, 1.807) is 7.11 Å². The minimum absolute atomic E-state index is 0.0736. The highest BCUT2D eigenvalue weighted by molar-refractivity contribution is 7.09. The van der Waals surface area contributed by atoms with E-state index in [2.05, 4.69) is 18.8 Å². The summed E-state index contributed by atoms with van der Waals surface area (Å²) in [5, 5.41) is 11.8. The van der Waals surface area contributed by atoms with Crippen LogP contribution in [0.1, 0.15) is 62.2 Å². The van der Waals surface area contributed by atoms with E-state index in [0.717, 1.165) is 42.7 Å². The molecule has 7 heteroatoms. The maximum absolute atomic E-state index is 13.1. The summed E-state index contributed by atoms with van der Waals surface area (Å²) in [6, 6.07) is 6.03. The van der Waals surface area contributed by atoms with Crippen molar-refractivity contribution in [1.82, 2.24) is 9.88 Å². The molecule has 1 saturated carbocycles. The van der Waals surface area contributed by atoms with Gasteiger partial charge in [0.15, 0.2) is 11.5 Å². The van der Waals surface area contributed by atoms with Crippen LogP contribution in [0.4, 0.5) is 0 Å². The number of hydrogen-bond acceptors (Lipinski definition) is 6. The highest BCUT2D eigenvalue weighted by atomic mass is 32.1. The predicted molar refractivity (Wildman–Crippen MR) is 118 cm³/mol. The number of ether oxygens (including phenoxy) is 2. The van der Waals surface area contributed by atoms with E-state index < -0.39 is 0 Å². The second-order valence-corrected chi connectivity index (χ2v) is 8.81. The average Bonchev–Trinajstić information content (AvgIpc) is 3.47. The SMILES string of the molecule is CC[C@@H](C)N(Cc1ccc(OC)c(OCc2nc(CO)cs2)c1)C(=O)C1CCCC1. The van der Waals surface area contributed by atoms with Gasteiger partial charge in [0.25, 0.3) is 0 Å². The number of benzene rings is 1. The van der Waals surface area contributed by atoms with Crippen LogP contribution in [0.5, 0.6) is 11.5 Å². The van der Waals surface area contributed by atoms with Crippen LogP contribution in [0.3, 0.4) is 0 Å². The zero-order valence-corrected chi connectivity index (χ0v) is 18.9. The van der Waals surface area contributed by atoms with Crippen molar-refractivity contribution in [3.8, 4) is 11.5 Å². The number of thiazole rings is 1. The molecule has 30 heavy (non-hydrogen) atoms. The van der Waals surface area contributed by atoms with Crippen LogP contribution in [0.25, 0.3) is 0 Å². The lowest BCUT2D eigenvalue weighted by Gasteiger charge is -2.31. The average molecular weight is 433 g/mol. The zero-order valence-electron chi connectivity index (χ0n) is 18.1. The van der Waals surface area contributed by atoms with Gasteiger partial charge in [-0.3, -0.25) is 4.79 Å². The first kappa shape index (κ1) is 22.6. The van der Waals surface area contributed by atoms with Crippen LogP contribution in [-0.4, -0.2) is 34.0 Å². The van der Waals surface area contributed by atoms with Crippen LogP contribution in [0.2, 0.25) is 0 Å². The van der Waals surface area contributed by atoms with Crippen LogP contribution in [-0.2, 0) is 24.6 Å². The highest BCUT2D eigenvalue weighted by Crippen LogP contribution is 2.32. The van der Waals surface area contributed by atoms with Gasteiger partial charge in [0.05, 0.1) is 19.4 Å². The Labute approximate surface area is 182 Å². The molecule has 164 valence electrons. The monoisotopic (exact) mass is 432 g/mol. The maximum Gasteiger partial charge on any atom is 0.226 e. The van der Waals surface area contributed by atoms with Crippen molar-refractivity contribution >= 4 is 17.2 Å².